The van der Waals surface area contributed by atoms with Gasteiger partial charge in [-0.05, 0) is 49.2 Å². The molecule has 34 heavy (non-hydrogen) atoms. The molecule has 0 aliphatic heterocycles. The maximum Gasteiger partial charge on any atom is 0.254 e. The fraction of sp³-hybridized carbons (Fsp3) is 0.370. The largest absolute Gasteiger partial charge is 0.329 e. The third-order valence-corrected chi connectivity index (χ3v) is 5.85. The first kappa shape index (κ1) is 25.5. The molecule has 1 N–H and O–H groups in total. The van der Waals surface area contributed by atoms with Crippen molar-refractivity contribution >= 4 is 29.2 Å². The van der Waals surface area contributed by atoms with E-state index in [0.29, 0.717) is 22.9 Å². The lowest BCUT2D eigenvalue weighted by atomic mass is 9.92. The molecule has 0 fully saturated rings. The summed E-state index contributed by atoms with van der Waals surface area (Å²) in [5.74, 6) is 0.146. The number of aryl methyl sites for hydroxylation is 1. The first-order valence-electron chi connectivity index (χ1n) is 11.6. The molecule has 1 heterocycles. The summed E-state index contributed by atoms with van der Waals surface area (Å²) >= 11 is 6.05. The Morgan fingerprint density at radius 2 is 1.76 bits per heavy atom. The van der Waals surface area contributed by atoms with E-state index in [1.54, 1.807) is 27.8 Å². The molecule has 3 rings (SSSR count). The van der Waals surface area contributed by atoms with E-state index in [9.17, 15) is 9.59 Å². The van der Waals surface area contributed by atoms with Crippen LogP contribution in [0.25, 0.3) is 5.69 Å². The zero-order valence-corrected chi connectivity index (χ0v) is 21.3. The number of halogens is 1. The molecule has 0 spiro atoms. The summed E-state index contributed by atoms with van der Waals surface area (Å²) < 4.78 is 1.70. The van der Waals surface area contributed by atoms with E-state index in [-0.39, 0.29) is 23.8 Å². The summed E-state index contributed by atoms with van der Waals surface area (Å²) in [5, 5.41) is 8.34. The van der Waals surface area contributed by atoms with E-state index in [1.807, 2.05) is 43.3 Å². The number of nitrogens with one attached hydrogen (secondary N) is 1. The van der Waals surface area contributed by atoms with E-state index < -0.39 is 0 Å². The molecule has 0 aliphatic rings. The van der Waals surface area contributed by atoms with Crippen molar-refractivity contribution in [3.63, 3.8) is 0 Å². The average Bonchev–Trinajstić information content (AvgIpc) is 3.21. The topological polar surface area (TPSA) is 67.2 Å². The standard InChI is InChI=1S/C27H33ClN4O2/c1-6-7-16-31(26(34)22-11-9-8-10-19(22)2)18-25(33)29-24-17-23(27(3,4)5)30-32(24)21-14-12-20(28)13-15-21/h8-15,17H,6-7,16,18H2,1-5H3,(H,29,33). The quantitative estimate of drug-likeness (QED) is 0.429. The van der Waals surface area contributed by atoms with Gasteiger partial charge in [0.2, 0.25) is 5.91 Å². The summed E-state index contributed by atoms with van der Waals surface area (Å²) in [7, 11) is 0. The maximum atomic E-state index is 13.2. The van der Waals surface area contributed by atoms with Crippen LogP contribution in [-0.4, -0.2) is 39.6 Å². The van der Waals surface area contributed by atoms with Crippen molar-refractivity contribution in [3.8, 4) is 5.69 Å². The highest BCUT2D eigenvalue weighted by Gasteiger charge is 2.24. The number of nitrogens with zero attached hydrogens (tertiary/aromatic N) is 3. The molecular formula is C27H33ClN4O2. The van der Waals surface area contributed by atoms with Gasteiger partial charge in [-0.3, -0.25) is 9.59 Å². The molecule has 180 valence electrons. The van der Waals surface area contributed by atoms with E-state index in [0.717, 1.165) is 29.8 Å². The van der Waals surface area contributed by atoms with Crippen LogP contribution in [0.15, 0.2) is 54.6 Å². The number of amides is 2. The van der Waals surface area contributed by atoms with E-state index in [1.165, 1.54) is 0 Å². The fourth-order valence-corrected chi connectivity index (χ4v) is 3.68. The van der Waals surface area contributed by atoms with Crippen LogP contribution in [0.4, 0.5) is 5.82 Å². The van der Waals surface area contributed by atoms with Crippen LogP contribution in [0.3, 0.4) is 0 Å². The lowest BCUT2D eigenvalue weighted by molar-refractivity contribution is -0.117. The fourth-order valence-electron chi connectivity index (χ4n) is 3.56. The second-order valence-corrected chi connectivity index (χ2v) is 9.93. The SMILES string of the molecule is CCCCN(CC(=O)Nc1cc(C(C)(C)C)nn1-c1ccc(Cl)cc1)C(=O)c1ccccc1C. The minimum absolute atomic E-state index is 0.0379. The number of rotatable bonds is 8. The summed E-state index contributed by atoms with van der Waals surface area (Å²) in [6, 6.07) is 16.6. The Balaban J connectivity index is 1.86. The van der Waals surface area contributed by atoms with Gasteiger partial charge in [-0.25, -0.2) is 4.68 Å². The molecule has 6 nitrogen and oxygen atoms in total. The van der Waals surface area contributed by atoms with Crippen LogP contribution < -0.4 is 5.32 Å². The third kappa shape index (κ3) is 6.26. The van der Waals surface area contributed by atoms with Crippen molar-refractivity contribution < 1.29 is 9.59 Å². The molecule has 0 saturated heterocycles. The molecule has 1 aromatic heterocycles. The van der Waals surface area contributed by atoms with Crippen molar-refractivity contribution in [2.45, 2.75) is 52.9 Å². The van der Waals surface area contributed by atoms with Crippen LogP contribution in [0.2, 0.25) is 5.02 Å². The van der Waals surface area contributed by atoms with E-state index in [2.05, 4.69) is 33.0 Å². The van der Waals surface area contributed by atoms with Crippen molar-refractivity contribution in [3.05, 3.63) is 76.4 Å². The second kappa shape index (κ2) is 10.9. The Bertz CT molecular complexity index is 1150. The van der Waals surface area contributed by atoms with E-state index in [4.69, 9.17) is 16.7 Å². The monoisotopic (exact) mass is 480 g/mol. The predicted molar refractivity (Wildman–Crippen MR) is 138 cm³/mol. The Hall–Kier alpha value is -3.12. The Morgan fingerprint density at radius 1 is 1.09 bits per heavy atom. The number of carbonyl (C=O) groups is 2. The number of benzene rings is 2. The molecule has 0 atom stereocenters. The summed E-state index contributed by atoms with van der Waals surface area (Å²) in [5.41, 5.74) is 2.94. The summed E-state index contributed by atoms with van der Waals surface area (Å²) in [6.45, 7) is 10.7. The van der Waals surface area contributed by atoms with Gasteiger partial charge >= 0.3 is 0 Å². The minimum Gasteiger partial charge on any atom is -0.329 e. The summed E-state index contributed by atoms with van der Waals surface area (Å²) in [4.78, 5) is 28.0. The first-order valence-corrected chi connectivity index (χ1v) is 12.0. The van der Waals surface area contributed by atoms with Gasteiger partial charge in [0, 0.05) is 28.6 Å². The smallest absolute Gasteiger partial charge is 0.254 e. The zero-order chi connectivity index (χ0) is 24.9. The van der Waals surface area contributed by atoms with Gasteiger partial charge in [-0.1, -0.05) is 63.9 Å². The van der Waals surface area contributed by atoms with Gasteiger partial charge in [0.1, 0.15) is 12.4 Å². The van der Waals surface area contributed by atoms with Gasteiger partial charge in [0.05, 0.1) is 11.4 Å². The molecular weight excluding hydrogens is 448 g/mol. The molecule has 2 amide bonds. The van der Waals surface area contributed by atoms with Crippen LogP contribution in [-0.2, 0) is 10.2 Å². The van der Waals surface area contributed by atoms with Crippen molar-refractivity contribution in [2.75, 3.05) is 18.4 Å². The van der Waals surface area contributed by atoms with Gasteiger partial charge in [-0.2, -0.15) is 5.10 Å². The normalized spacial score (nSPS) is 11.4. The maximum absolute atomic E-state index is 13.2. The number of aromatic nitrogens is 2. The van der Waals surface area contributed by atoms with Crippen LogP contribution in [0.1, 0.15) is 62.2 Å². The third-order valence-electron chi connectivity index (χ3n) is 5.60. The molecule has 0 bridgehead atoms. The predicted octanol–water partition coefficient (Wildman–Crippen LogP) is 6.01. The number of hydrogen-bond acceptors (Lipinski definition) is 3. The van der Waals surface area contributed by atoms with Gasteiger partial charge < -0.3 is 10.2 Å². The van der Waals surface area contributed by atoms with Gasteiger partial charge in [-0.15, -0.1) is 0 Å². The van der Waals surface area contributed by atoms with Gasteiger partial charge in [0.25, 0.3) is 5.91 Å². The molecule has 7 heteroatoms. The van der Waals surface area contributed by atoms with Crippen molar-refractivity contribution in [1.29, 1.82) is 0 Å². The molecule has 0 radical (unpaired) electrons. The van der Waals surface area contributed by atoms with Crippen molar-refractivity contribution in [2.24, 2.45) is 0 Å². The Kier molecular flexibility index (Phi) is 8.15. The molecule has 0 aliphatic carbocycles. The molecule has 2 aromatic carbocycles. The molecule has 0 saturated carbocycles. The van der Waals surface area contributed by atoms with Crippen molar-refractivity contribution in [1.82, 2.24) is 14.7 Å². The Labute approximate surface area is 206 Å². The molecule has 3 aromatic rings. The summed E-state index contributed by atoms with van der Waals surface area (Å²) in [6.07, 6.45) is 1.75. The number of anilines is 1. The minimum atomic E-state index is -0.270. The van der Waals surface area contributed by atoms with E-state index >= 15 is 0 Å². The van der Waals surface area contributed by atoms with Gasteiger partial charge in [0.15, 0.2) is 0 Å². The highest BCUT2D eigenvalue weighted by molar-refractivity contribution is 6.30. The second-order valence-electron chi connectivity index (χ2n) is 9.50. The Morgan fingerprint density at radius 3 is 2.38 bits per heavy atom. The number of hydrogen-bond donors (Lipinski definition) is 1. The number of unbranched alkanes of at least 4 members (excludes halogenated alkanes) is 1. The van der Waals surface area contributed by atoms with Crippen LogP contribution >= 0.6 is 11.6 Å². The lowest BCUT2D eigenvalue weighted by Gasteiger charge is -2.23. The first-order chi connectivity index (χ1) is 16.1. The highest BCUT2D eigenvalue weighted by Crippen LogP contribution is 2.27. The molecule has 0 unspecified atom stereocenters. The zero-order valence-electron chi connectivity index (χ0n) is 20.6. The highest BCUT2D eigenvalue weighted by atomic mass is 35.5. The van der Waals surface area contributed by atoms with Crippen LogP contribution in [0.5, 0.6) is 0 Å². The lowest BCUT2D eigenvalue weighted by Crippen LogP contribution is -2.39. The number of carbonyl (C=O) groups excluding carboxylic acids is 2. The average molecular weight is 481 g/mol. The van der Waals surface area contributed by atoms with Crippen LogP contribution in [0, 0.1) is 6.92 Å².